The molecule has 1 saturated heterocycles. The molecule has 1 aliphatic rings. The van der Waals surface area contributed by atoms with Crippen molar-refractivity contribution in [2.75, 3.05) is 69.4 Å². The third-order valence-electron chi connectivity index (χ3n) is 6.47. The van der Waals surface area contributed by atoms with Crippen molar-refractivity contribution in [2.24, 2.45) is 0 Å². The highest BCUT2D eigenvalue weighted by Gasteiger charge is 2.15. The van der Waals surface area contributed by atoms with Gasteiger partial charge in [0.2, 0.25) is 11.9 Å². The number of nitrogens with one attached hydrogen (secondary N) is 2. The number of aromatic nitrogens is 4. The number of pyridine rings is 2. The molecule has 0 spiro atoms. The van der Waals surface area contributed by atoms with Gasteiger partial charge in [-0.25, -0.2) is 15.0 Å². The number of benzene rings is 1. The van der Waals surface area contributed by atoms with Crippen molar-refractivity contribution in [3.05, 3.63) is 73.2 Å². The van der Waals surface area contributed by atoms with E-state index in [1.807, 2.05) is 73.7 Å². The lowest BCUT2D eigenvalue weighted by Gasteiger charge is -2.33. The van der Waals surface area contributed by atoms with Gasteiger partial charge in [-0.05, 0) is 51.5 Å². The highest BCUT2D eigenvalue weighted by molar-refractivity contribution is 6.00. The highest BCUT2D eigenvalue weighted by Crippen LogP contribution is 2.28. The van der Waals surface area contributed by atoms with Gasteiger partial charge >= 0.3 is 0 Å². The van der Waals surface area contributed by atoms with Crippen molar-refractivity contribution >= 4 is 40.0 Å². The van der Waals surface area contributed by atoms with E-state index in [4.69, 9.17) is 4.98 Å². The molecule has 0 aliphatic carbocycles. The van der Waals surface area contributed by atoms with Gasteiger partial charge < -0.3 is 25.3 Å². The average Bonchev–Trinajstić information content (AvgIpc) is 2.93. The van der Waals surface area contributed by atoms with E-state index in [-0.39, 0.29) is 5.91 Å². The van der Waals surface area contributed by atoms with Crippen molar-refractivity contribution in [3.8, 4) is 11.3 Å². The summed E-state index contributed by atoms with van der Waals surface area (Å²) in [6, 6.07) is 13.5. The largest absolute Gasteiger partial charge is 0.354 e. The first-order valence-corrected chi connectivity index (χ1v) is 13.0. The smallest absolute Gasteiger partial charge is 0.248 e. The van der Waals surface area contributed by atoms with Gasteiger partial charge in [0.05, 0.1) is 17.6 Å². The van der Waals surface area contributed by atoms with Gasteiger partial charge in [0.1, 0.15) is 11.3 Å². The Labute approximate surface area is 228 Å². The molecule has 0 unspecified atom stereocenters. The molecule has 5 rings (SSSR count). The predicted octanol–water partition coefficient (Wildman–Crippen LogP) is 3.64. The SMILES string of the molecule is CN(C)CC=CC(=O)Nc1cccc(-c2nccc3cnc(Nc4ccc(N5CCN(C)CC5)nc4)nc23)c1. The summed E-state index contributed by atoms with van der Waals surface area (Å²) in [5.74, 6) is 1.25. The lowest BCUT2D eigenvalue weighted by atomic mass is 10.1. The molecule has 0 bridgehead atoms. The molecule has 200 valence electrons. The number of amides is 1. The van der Waals surface area contributed by atoms with Crippen LogP contribution < -0.4 is 15.5 Å². The second-order valence-corrected chi connectivity index (χ2v) is 9.85. The van der Waals surface area contributed by atoms with E-state index in [1.165, 1.54) is 0 Å². The van der Waals surface area contributed by atoms with Crippen molar-refractivity contribution < 1.29 is 4.79 Å². The second-order valence-electron chi connectivity index (χ2n) is 9.85. The third kappa shape index (κ3) is 6.73. The van der Waals surface area contributed by atoms with E-state index in [9.17, 15) is 4.79 Å². The van der Waals surface area contributed by atoms with Crippen LogP contribution in [-0.2, 0) is 4.79 Å². The summed E-state index contributed by atoms with van der Waals surface area (Å²) in [6.45, 7) is 4.70. The third-order valence-corrected chi connectivity index (χ3v) is 6.47. The Balaban J connectivity index is 1.34. The number of rotatable bonds is 8. The summed E-state index contributed by atoms with van der Waals surface area (Å²) < 4.78 is 0. The summed E-state index contributed by atoms with van der Waals surface area (Å²) in [5.41, 5.74) is 3.76. The molecule has 1 aromatic carbocycles. The van der Waals surface area contributed by atoms with E-state index in [0.29, 0.717) is 29.4 Å². The number of likely N-dealkylation sites (N-methyl/N-ethyl adjacent to an activating group) is 2. The van der Waals surface area contributed by atoms with E-state index in [1.54, 1.807) is 18.5 Å². The molecular weight excluding hydrogens is 490 g/mol. The summed E-state index contributed by atoms with van der Waals surface area (Å²) in [7, 11) is 6.05. The van der Waals surface area contributed by atoms with Crippen molar-refractivity contribution in [1.29, 1.82) is 0 Å². The fourth-order valence-electron chi connectivity index (χ4n) is 4.34. The second kappa shape index (κ2) is 12.0. The number of piperazine rings is 1. The van der Waals surface area contributed by atoms with Crippen molar-refractivity contribution in [3.63, 3.8) is 0 Å². The van der Waals surface area contributed by atoms with E-state index in [2.05, 4.69) is 42.4 Å². The Morgan fingerprint density at radius 1 is 1.00 bits per heavy atom. The van der Waals surface area contributed by atoms with Crippen LogP contribution >= 0.6 is 0 Å². The maximum Gasteiger partial charge on any atom is 0.248 e. The predicted molar refractivity (Wildman–Crippen MR) is 156 cm³/mol. The number of carbonyl (C=O) groups excluding carboxylic acids is 1. The standard InChI is InChI=1S/C29H33N9O/c1-36(2)13-5-8-26(39)33-23-7-4-6-21(18-23)27-28-22(11-12-30-27)19-32-29(35-28)34-24-9-10-25(31-20-24)38-16-14-37(3)15-17-38/h4-12,18-20H,13-17H2,1-3H3,(H,33,39)(H,32,34,35). The fourth-order valence-corrected chi connectivity index (χ4v) is 4.34. The molecule has 2 N–H and O–H groups in total. The van der Waals surface area contributed by atoms with Crippen molar-refractivity contribution in [2.45, 2.75) is 0 Å². The molecule has 10 nitrogen and oxygen atoms in total. The molecule has 0 radical (unpaired) electrons. The minimum absolute atomic E-state index is 0.180. The first-order valence-electron chi connectivity index (χ1n) is 13.0. The maximum absolute atomic E-state index is 12.3. The molecule has 4 heterocycles. The molecule has 1 amide bonds. The van der Waals surface area contributed by atoms with Crippen molar-refractivity contribution in [1.82, 2.24) is 29.7 Å². The van der Waals surface area contributed by atoms with E-state index < -0.39 is 0 Å². The highest BCUT2D eigenvalue weighted by atomic mass is 16.1. The number of nitrogens with zero attached hydrogens (tertiary/aromatic N) is 7. The van der Waals surface area contributed by atoms with Crippen LogP contribution in [0.2, 0.25) is 0 Å². The lowest BCUT2D eigenvalue weighted by molar-refractivity contribution is -0.111. The Hall–Kier alpha value is -4.41. The number of hydrogen-bond donors (Lipinski definition) is 2. The number of carbonyl (C=O) groups is 1. The molecule has 1 fully saturated rings. The van der Waals surface area contributed by atoms with Gasteiger partial charge in [0.15, 0.2) is 0 Å². The van der Waals surface area contributed by atoms with Crippen LogP contribution in [0.15, 0.2) is 73.2 Å². The quantitative estimate of drug-likeness (QED) is 0.335. The molecular formula is C29H33N9O. The van der Waals surface area contributed by atoms with Crippen LogP contribution in [0.1, 0.15) is 0 Å². The zero-order chi connectivity index (χ0) is 27.2. The molecule has 0 saturated carbocycles. The van der Waals surface area contributed by atoms with Gasteiger partial charge in [-0.3, -0.25) is 9.78 Å². The molecule has 39 heavy (non-hydrogen) atoms. The lowest BCUT2D eigenvalue weighted by Crippen LogP contribution is -2.44. The normalized spacial score (nSPS) is 14.3. The summed E-state index contributed by atoms with van der Waals surface area (Å²) in [6.07, 6.45) is 8.70. The molecule has 4 aromatic rings. The van der Waals surface area contributed by atoms with Crippen LogP contribution in [0.3, 0.4) is 0 Å². The van der Waals surface area contributed by atoms with Gasteiger partial charge in [0.25, 0.3) is 0 Å². The van der Waals surface area contributed by atoms with Crippen LogP contribution in [0.5, 0.6) is 0 Å². The molecule has 3 aromatic heterocycles. The van der Waals surface area contributed by atoms with E-state index in [0.717, 1.165) is 48.6 Å². The first kappa shape index (κ1) is 26.2. The van der Waals surface area contributed by atoms with Crippen LogP contribution in [0.25, 0.3) is 22.2 Å². The van der Waals surface area contributed by atoms with Gasteiger partial charge in [-0.1, -0.05) is 18.2 Å². The number of hydrogen-bond acceptors (Lipinski definition) is 9. The summed E-state index contributed by atoms with van der Waals surface area (Å²) in [5, 5.41) is 7.06. The topological polar surface area (TPSA) is 102 Å². The average molecular weight is 524 g/mol. The number of anilines is 4. The monoisotopic (exact) mass is 523 g/mol. The van der Waals surface area contributed by atoms with E-state index >= 15 is 0 Å². The summed E-state index contributed by atoms with van der Waals surface area (Å²) in [4.78, 5) is 37.5. The molecule has 10 heteroatoms. The maximum atomic E-state index is 12.3. The Bertz CT molecular complexity index is 1460. The minimum Gasteiger partial charge on any atom is -0.354 e. The Morgan fingerprint density at radius 3 is 2.62 bits per heavy atom. The number of fused-ring (bicyclic) bond motifs is 1. The van der Waals surface area contributed by atoms with Gasteiger partial charge in [-0.15, -0.1) is 0 Å². The molecule has 1 aliphatic heterocycles. The zero-order valence-corrected chi connectivity index (χ0v) is 22.5. The minimum atomic E-state index is -0.180. The zero-order valence-electron chi connectivity index (χ0n) is 22.5. The van der Waals surface area contributed by atoms with Crippen LogP contribution in [0.4, 0.5) is 23.1 Å². The fraction of sp³-hybridized carbons (Fsp3) is 0.276. The first-order chi connectivity index (χ1) is 18.9. The summed E-state index contributed by atoms with van der Waals surface area (Å²) >= 11 is 0. The Morgan fingerprint density at radius 2 is 1.85 bits per heavy atom. The van der Waals surface area contributed by atoms with Gasteiger partial charge in [-0.2, -0.15) is 0 Å². The molecule has 0 atom stereocenters. The Kier molecular flexibility index (Phi) is 8.04. The van der Waals surface area contributed by atoms with Crippen LogP contribution in [-0.4, -0.2) is 89.5 Å². The van der Waals surface area contributed by atoms with Crippen LogP contribution in [0, 0.1) is 0 Å². The van der Waals surface area contributed by atoms with Gasteiger partial charge in [0, 0.05) is 67.8 Å².